The Morgan fingerprint density at radius 3 is 2.88 bits per heavy atom. The zero-order valence-corrected chi connectivity index (χ0v) is 23.4. The molecule has 0 saturated carbocycles. The summed E-state index contributed by atoms with van der Waals surface area (Å²) in [4.78, 5) is 45.2. The third kappa shape index (κ3) is 7.30. The number of imidazole rings is 1. The van der Waals surface area contributed by atoms with Gasteiger partial charge < -0.3 is 25.5 Å². The van der Waals surface area contributed by atoms with Gasteiger partial charge in [-0.25, -0.2) is 9.78 Å². The van der Waals surface area contributed by atoms with Crippen LogP contribution in [0.15, 0.2) is 67.2 Å². The van der Waals surface area contributed by atoms with Crippen molar-refractivity contribution < 1.29 is 24.2 Å². The van der Waals surface area contributed by atoms with Gasteiger partial charge in [0.05, 0.1) is 48.9 Å². The van der Waals surface area contributed by atoms with E-state index >= 15 is 0 Å². The number of tetrazole rings is 1. The van der Waals surface area contributed by atoms with E-state index in [1.54, 1.807) is 54.7 Å². The molecule has 0 aliphatic carbocycles. The first-order valence-corrected chi connectivity index (χ1v) is 13.4. The lowest BCUT2D eigenvalue weighted by Gasteiger charge is -2.14. The largest absolute Gasteiger partial charge is 0.453 e. The molecule has 1 aliphatic heterocycles. The van der Waals surface area contributed by atoms with E-state index in [-0.39, 0.29) is 12.8 Å². The van der Waals surface area contributed by atoms with E-state index in [1.165, 1.54) is 30.3 Å². The Balaban J connectivity index is 1.42. The lowest BCUT2D eigenvalue weighted by Crippen LogP contribution is -2.27. The highest BCUT2D eigenvalue weighted by Gasteiger charge is 2.20. The van der Waals surface area contributed by atoms with E-state index in [1.807, 2.05) is 0 Å². The fourth-order valence-electron chi connectivity index (χ4n) is 4.37. The van der Waals surface area contributed by atoms with Gasteiger partial charge >= 0.3 is 6.09 Å². The number of methoxy groups -OCH3 is 1. The van der Waals surface area contributed by atoms with Crippen molar-refractivity contribution in [3.8, 4) is 16.9 Å². The molecule has 1 unspecified atom stereocenters. The number of aliphatic hydroxyl groups excluding tert-OH is 1. The number of hydrogen-bond donors (Lipinski definition) is 5. The fourth-order valence-corrected chi connectivity index (χ4v) is 4.55. The van der Waals surface area contributed by atoms with Crippen LogP contribution in [-0.2, 0) is 14.3 Å². The summed E-state index contributed by atoms with van der Waals surface area (Å²) < 4.78 is 6.10. The number of anilines is 2. The van der Waals surface area contributed by atoms with E-state index in [0.717, 1.165) is 0 Å². The molecule has 2 aromatic heterocycles. The average Bonchev–Trinajstić information content (AvgIpc) is 3.68. The van der Waals surface area contributed by atoms with Crippen molar-refractivity contribution in [2.75, 3.05) is 17.7 Å². The second-order valence-corrected chi connectivity index (χ2v) is 9.83. The number of halogens is 1. The van der Waals surface area contributed by atoms with Crippen molar-refractivity contribution in [3.05, 3.63) is 83.6 Å². The summed E-state index contributed by atoms with van der Waals surface area (Å²) in [5, 5.41) is 30.4. The predicted octanol–water partition coefficient (Wildman–Crippen LogP) is 3.40. The van der Waals surface area contributed by atoms with Crippen molar-refractivity contribution in [1.29, 1.82) is 0 Å². The van der Waals surface area contributed by atoms with Gasteiger partial charge in [-0.1, -0.05) is 23.8 Å². The SMILES string of the molecule is COC(=O)Nc1ccc2c(c1)NC(=O)CC(O)C=CC[C@H](NC(=O)/C=C/c1cc(Cl)ccc1-n1cnnn1)c1ncc-2[nH]1. The smallest absolute Gasteiger partial charge is 0.411 e. The number of aromatic amines is 1. The van der Waals surface area contributed by atoms with Crippen LogP contribution in [-0.4, -0.2) is 66.4 Å². The molecule has 2 bridgehead atoms. The summed E-state index contributed by atoms with van der Waals surface area (Å²) in [6.45, 7) is 0. The number of amides is 3. The van der Waals surface area contributed by atoms with Crippen molar-refractivity contribution in [1.82, 2.24) is 35.5 Å². The summed E-state index contributed by atoms with van der Waals surface area (Å²) in [7, 11) is 1.24. The number of aliphatic hydroxyl groups is 1. The zero-order valence-electron chi connectivity index (χ0n) is 22.7. The molecule has 3 heterocycles. The van der Waals surface area contributed by atoms with Crippen LogP contribution in [0.5, 0.6) is 0 Å². The third-order valence-corrected chi connectivity index (χ3v) is 6.62. The van der Waals surface area contributed by atoms with Gasteiger partial charge in [0.2, 0.25) is 11.8 Å². The lowest BCUT2D eigenvalue weighted by molar-refractivity contribution is -0.118. The van der Waals surface area contributed by atoms with Crippen molar-refractivity contribution in [2.24, 2.45) is 0 Å². The highest BCUT2D eigenvalue weighted by atomic mass is 35.5. The molecular formula is C28H26ClN9O5. The number of nitrogens with zero attached hydrogens (tertiary/aromatic N) is 5. The Morgan fingerprint density at radius 1 is 1.23 bits per heavy atom. The maximum Gasteiger partial charge on any atom is 0.411 e. The lowest BCUT2D eigenvalue weighted by atomic mass is 10.1. The number of benzene rings is 2. The van der Waals surface area contributed by atoms with Gasteiger partial charge in [-0.2, -0.15) is 4.68 Å². The summed E-state index contributed by atoms with van der Waals surface area (Å²) in [5.41, 5.74) is 3.12. The van der Waals surface area contributed by atoms with Gasteiger partial charge in [0.1, 0.15) is 12.2 Å². The first kappa shape index (κ1) is 29.2. The molecule has 14 nitrogen and oxygen atoms in total. The predicted molar refractivity (Wildman–Crippen MR) is 157 cm³/mol. The maximum atomic E-state index is 13.1. The van der Waals surface area contributed by atoms with Crippen LogP contribution in [0.3, 0.4) is 0 Å². The molecule has 1 aliphatic rings. The molecule has 0 saturated heterocycles. The van der Waals surface area contributed by atoms with E-state index in [2.05, 4.69) is 46.2 Å². The highest BCUT2D eigenvalue weighted by Crippen LogP contribution is 2.31. The molecule has 15 heteroatoms. The number of H-pyrrole nitrogens is 1. The number of rotatable bonds is 5. The molecule has 0 spiro atoms. The van der Waals surface area contributed by atoms with Crippen LogP contribution >= 0.6 is 11.6 Å². The van der Waals surface area contributed by atoms with Crippen molar-refractivity contribution in [3.63, 3.8) is 0 Å². The summed E-state index contributed by atoms with van der Waals surface area (Å²) >= 11 is 6.18. The second-order valence-electron chi connectivity index (χ2n) is 9.39. The number of hydrogen-bond acceptors (Lipinski definition) is 9. The quantitative estimate of drug-likeness (QED) is 0.168. The van der Waals surface area contributed by atoms with Crippen LogP contribution in [0.2, 0.25) is 5.02 Å². The van der Waals surface area contributed by atoms with Crippen LogP contribution in [0.25, 0.3) is 23.0 Å². The van der Waals surface area contributed by atoms with E-state index in [9.17, 15) is 19.5 Å². The van der Waals surface area contributed by atoms with E-state index in [4.69, 9.17) is 11.6 Å². The number of ether oxygens (including phenoxy) is 1. The topological polar surface area (TPSA) is 189 Å². The highest BCUT2D eigenvalue weighted by molar-refractivity contribution is 6.30. The molecule has 0 radical (unpaired) electrons. The van der Waals surface area contributed by atoms with Gasteiger partial charge in [-0.05, 0) is 59.3 Å². The first-order valence-electron chi connectivity index (χ1n) is 13.0. The van der Waals surface area contributed by atoms with Crippen molar-refractivity contribution in [2.45, 2.75) is 25.0 Å². The van der Waals surface area contributed by atoms with Crippen LogP contribution < -0.4 is 16.0 Å². The van der Waals surface area contributed by atoms with Gasteiger partial charge in [0, 0.05) is 27.9 Å². The number of nitrogens with one attached hydrogen (secondary N) is 4. The molecular weight excluding hydrogens is 578 g/mol. The van der Waals surface area contributed by atoms with Crippen LogP contribution in [0, 0.1) is 0 Å². The number of fused-ring (bicyclic) bond motifs is 4. The first-order chi connectivity index (χ1) is 20.8. The van der Waals surface area contributed by atoms with Crippen molar-refractivity contribution >= 4 is 47.0 Å². The molecule has 0 fully saturated rings. The van der Waals surface area contributed by atoms with Gasteiger partial charge in [0.15, 0.2) is 0 Å². The number of aromatic nitrogens is 6. The summed E-state index contributed by atoms with van der Waals surface area (Å²) in [5.74, 6) is -0.411. The van der Waals surface area contributed by atoms with Gasteiger partial charge in [-0.15, -0.1) is 5.10 Å². The molecule has 4 aromatic rings. The van der Waals surface area contributed by atoms with Gasteiger partial charge in [0.25, 0.3) is 0 Å². The minimum Gasteiger partial charge on any atom is -0.453 e. The monoisotopic (exact) mass is 603 g/mol. The summed E-state index contributed by atoms with van der Waals surface area (Å²) in [6.07, 6.45) is 7.44. The van der Waals surface area contributed by atoms with Crippen LogP contribution in [0.4, 0.5) is 16.2 Å². The number of carbonyl (C=O) groups excluding carboxylic acids is 3. The molecule has 220 valence electrons. The molecule has 5 N–H and O–H groups in total. The zero-order chi connectivity index (χ0) is 30.3. The Bertz CT molecular complexity index is 1700. The Morgan fingerprint density at radius 2 is 2.09 bits per heavy atom. The van der Waals surface area contributed by atoms with E-state index in [0.29, 0.717) is 44.7 Å². The minimum absolute atomic E-state index is 0.207. The average molecular weight is 604 g/mol. The third-order valence-electron chi connectivity index (χ3n) is 6.38. The Hall–Kier alpha value is -5.34. The molecule has 43 heavy (non-hydrogen) atoms. The Kier molecular flexibility index (Phi) is 8.88. The standard InChI is InChI=1S/C28H26ClN9O5/c1-43-28(42)32-18-7-8-20-22(12-18)34-26(41)13-19(39)3-2-4-21(27-30-14-23(20)35-27)33-25(40)10-5-16-11-17(29)6-9-24(16)38-15-31-36-37-38/h2-3,5-12,14-15,19,21,39H,4,13H2,1H3,(H,30,35)(H,32,42)(H,33,40)(H,34,41)/b3-2?,10-5+/t19?,21-/m0/s1. The van der Waals surface area contributed by atoms with Crippen LogP contribution in [0.1, 0.15) is 30.3 Å². The molecule has 3 amide bonds. The minimum atomic E-state index is -1.07. The molecule has 2 atom stereocenters. The normalized spacial score (nSPS) is 16.8. The summed E-state index contributed by atoms with van der Waals surface area (Å²) in [6, 6.07) is 9.39. The fraction of sp³-hybridized carbons (Fsp3) is 0.179. The second kappa shape index (κ2) is 13.1. The Labute approximate surface area is 249 Å². The number of carbonyl (C=O) groups is 3. The van der Waals surface area contributed by atoms with Gasteiger partial charge in [-0.3, -0.25) is 14.9 Å². The molecule has 5 rings (SSSR count). The van der Waals surface area contributed by atoms with E-state index < -0.39 is 30.1 Å². The maximum absolute atomic E-state index is 13.1. The molecule has 2 aromatic carbocycles.